The first-order chi connectivity index (χ1) is 19.2. The van der Waals surface area contributed by atoms with Gasteiger partial charge in [0.1, 0.15) is 33.4 Å². The Hall–Kier alpha value is -3.72. The van der Waals surface area contributed by atoms with Crippen LogP contribution in [0.4, 0.5) is 0 Å². The highest BCUT2D eigenvalue weighted by Crippen LogP contribution is 2.19. The SMILES string of the molecule is COC(=O)C(C)(C)NC(=O)C(C)(C)NC(=O)C(C)(C)NC(=O)C(C)(C)NC(=O)C(C)(C)NS(=O)(=O)c1ccc(OC)cc1. The van der Waals surface area contributed by atoms with E-state index in [1.807, 2.05) is 0 Å². The molecule has 1 aromatic rings. The summed E-state index contributed by atoms with van der Waals surface area (Å²) in [5.41, 5.74) is -7.72. The van der Waals surface area contributed by atoms with Crippen molar-refractivity contribution in [3.63, 3.8) is 0 Å². The summed E-state index contributed by atoms with van der Waals surface area (Å²) >= 11 is 0. The van der Waals surface area contributed by atoms with Gasteiger partial charge in [-0.25, -0.2) is 13.2 Å². The predicted molar refractivity (Wildman–Crippen MR) is 158 cm³/mol. The number of hydrogen-bond donors (Lipinski definition) is 5. The first-order valence-corrected chi connectivity index (χ1v) is 14.8. The highest BCUT2D eigenvalue weighted by molar-refractivity contribution is 7.89. The van der Waals surface area contributed by atoms with Gasteiger partial charge in [0.15, 0.2) is 0 Å². The molecule has 14 nitrogen and oxygen atoms in total. The molecule has 0 spiro atoms. The predicted octanol–water partition coefficient (Wildman–Crippen LogP) is 0.504. The van der Waals surface area contributed by atoms with Crippen molar-refractivity contribution in [1.29, 1.82) is 0 Å². The van der Waals surface area contributed by atoms with E-state index in [-0.39, 0.29) is 4.90 Å². The molecular weight excluding hydrogens is 582 g/mol. The molecule has 0 saturated heterocycles. The lowest BCUT2D eigenvalue weighted by molar-refractivity contribution is -0.150. The van der Waals surface area contributed by atoms with E-state index < -0.39 is 67.3 Å². The van der Waals surface area contributed by atoms with Crippen molar-refractivity contribution in [3.8, 4) is 5.75 Å². The number of benzene rings is 1. The van der Waals surface area contributed by atoms with Crippen LogP contribution in [-0.4, -0.2) is 79.9 Å². The second-order valence-corrected chi connectivity index (χ2v) is 14.4. The average Bonchev–Trinajstić information content (AvgIpc) is 2.86. The van der Waals surface area contributed by atoms with Crippen molar-refractivity contribution < 1.29 is 41.9 Å². The first kappa shape index (κ1) is 37.3. The number of ether oxygens (including phenoxy) is 2. The summed E-state index contributed by atoms with van der Waals surface area (Å²) in [4.78, 5) is 64.2. The van der Waals surface area contributed by atoms with Crippen LogP contribution in [0.3, 0.4) is 0 Å². The number of methoxy groups -OCH3 is 2. The monoisotopic (exact) mass is 627 g/mol. The van der Waals surface area contributed by atoms with Crippen molar-refractivity contribution in [2.24, 2.45) is 0 Å². The number of sulfonamides is 1. The van der Waals surface area contributed by atoms with Crippen LogP contribution in [0.15, 0.2) is 29.2 Å². The van der Waals surface area contributed by atoms with E-state index >= 15 is 0 Å². The number of nitrogens with one attached hydrogen (secondary N) is 5. The quantitative estimate of drug-likeness (QED) is 0.193. The van der Waals surface area contributed by atoms with Gasteiger partial charge in [-0.15, -0.1) is 0 Å². The maximum absolute atomic E-state index is 13.2. The Morgan fingerprint density at radius 1 is 0.558 bits per heavy atom. The lowest BCUT2D eigenvalue weighted by Crippen LogP contribution is -2.68. The Morgan fingerprint density at radius 2 is 0.884 bits per heavy atom. The molecule has 43 heavy (non-hydrogen) atoms. The van der Waals surface area contributed by atoms with Crippen molar-refractivity contribution in [2.75, 3.05) is 14.2 Å². The minimum Gasteiger partial charge on any atom is -0.497 e. The number of amides is 4. The molecule has 4 amide bonds. The smallest absolute Gasteiger partial charge is 0.330 e. The largest absolute Gasteiger partial charge is 0.497 e. The summed E-state index contributed by atoms with van der Waals surface area (Å²) in [6.07, 6.45) is 0. The number of esters is 1. The van der Waals surface area contributed by atoms with Crippen LogP contribution >= 0.6 is 0 Å². The van der Waals surface area contributed by atoms with Gasteiger partial charge in [-0.3, -0.25) is 19.2 Å². The van der Waals surface area contributed by atoms with Gasteiger partial charge in [0.25, 0.3) is 0 Å². The third-order valence-electron chi connectivity index (χ3n) is 6.43. The van der Waals surface area contributed by atoms with E-state index in [1.165, 1.54) is 108 Å². The first-order valence-electron chi connectivity index (χ1n) is 13.3. The van der Waals surface area contributed by atoms with Gasteiger partial charge in [-0.05, 0) is 93.5 Å². The summed E-state index contributed by atoms with van der Waals surface area (Å²) in [6, 6.07) is 5.57. The molecule has 0 unspecified atom stereocenters. The summed E-state index contributed by atoms with van der Waals surface area (Å²) < 4.78 is 37.8. The molecule has 0 heterocycles. The molecular formula is C28H45N5O9S. The van der Waals surface area contributed by atoms with Gasteiger partial charge in [0.2, 0.25) is 33.7 Å². The molecule has 0 aromatic heterocycles. The maximum Gasteiger partial charge on any atom is 0.330 e. The van der Waals surface area contributed by atoms with Gasteiger partial charge < -0.3 is 30.7 Å². The van der Waals surface area contributed by atoms with E-state index in [1.54, 1.807) is 0 Å². The summed E-state index contributed by atoms with van der Waals surface area (Å²) in [5, 5.41) is 10.1. The molecule has 0 saturated carbocycles. The van der Waals surface area contributed by atoms with E-state index in [9.17, 15) is 32.4 Å². The maximum atomic E-state index is 13.2. The van der Waals surface area contributed by atoms with Crippen molar-refractivity contribution >= 4 is 39.6 Å². The van der Waals surface area contributed by atoms with Gasteiger partial charge in [-0.2, -0.15) is 4.72 Å². The van der Waals surface area contributed by atoms with Gasteiger partial charge in [0.05, 0.1) is 19.1 Å². The molecule has 242 valence electrons. The van der Waals surface area contributed by atoms with Crippen LogP contribution in [0.1, 0.15) is 69.2 Å². The number of carbonyl (C=O) groups excluding carboxylic acids is 5. The highest BCUT2D eigenvalue weighted by Gasteiger charge is 2.43. The Bertz CT molecular complexity index is 1350. The fourth-order valence-electron chi connectivity index (χ4n) is 3.43. The van der Waals surface area contributed by atoms with E-state index in [0.29, 0.717) is 5.75 Å². The lowest BCUT2D eigenvalue weighted by Gasteiger charge is -2.36. The normalized spacial score (nSPS) is 12.9. The Balaban J connectivity index is 2.97. The van der Waals surface area contributed by atoms with E-state index in [0.717, 1.165) is 0 Å². The second kappa shape index (κ2) is 12.9. The lowest BCUT2D eigenvalue weighted by atomic mass is 9.95. The minimum absolute atomic E-state index is 0.0931. The molecule has 5 N–H and O–H groups in total. The summed E-state index contributed by atoms with van der Waals surface area (Å²) in [5.74, 6) is -3.20. The molecule has 0 bridgehead atoms. The van der Waals surface area contributed by atoms with Crippen molar-refractivity contribution in [2.45, 2.75) is 102 Å². The highest BCUT2D eigenvalue weighted by atomic mass is 32.2. The Morgan fingerprint density at radius 3 is 1.21 bits per heavy atom. The van der Waals surface area contributed by atoms with Crippen LogP contribution < -0.4 is 30.7 Å². The molecule has 0 fully saturated rings. The number of rotatable bonds is 13. The molecule has 1 rings (SSSR count). The summed E-state index contributed by atoms with van der Waals surface area (Å²) in [6.45, 7) is 14.0. The molecule has 0 aliphatic carbocycles. The zero-order chi connectivity index (χ0) is 33.8. The molecule has 1 aromatic carbocycles. The molecule has 0 aliphatic heterocycles. The fourth-order valence-corrected chi connectivity index (χ4v) is 4.81. The second-order valence-electron chi connectivity index (χ2n) is 12.7. The third kappa shape index (κ3) is 9.64. The van der Waals surface area contributed by atoms with Crippen LogP contribution in [0, 0.1) is 0 Å². The number of carbonyl (C=O) groups is 5. The Labute approximate surface area is 253 Å². The average molecular weight is 628 g/mol. The van der Waals surface area contributed by atoms with E-state index in [2.05, 4.69) is 30.7 Å². The topological polar surface area (TPSA) is 198 Å². The standard InChI is InChI=1S/C28H45N5O9S/c1-24(2,19(34)30-26(5,6)21(36)32-28(9,10)23(38)42-12)29-20(35)25(3,4)31-22(37)27(7,8)33-43(39,40)18-15-13-17(41-11)14-16-18/h13-16,33H,1-12H3,(H,29,35)(H,30,34)(H,31,37)(H,32,36). The van der Waals surface area contributed by atoms with Gasteiger partial charge in [-0.1, -0.05) is 0 Å². The zero-order valence-electron chi connectivity index (χ0n) is 26.9. The van der Waals surface area contributed by atoms with Crippen molar-refractivity contribution in [3.05, 3.63) is 24.3 Å². The van der Waals surface area contributed by atoms with Crippen LogP contribution in [-0.2, 0) is 38.7 Å². The van der Waals surface area contributed by atoms with Gasteiger partial charge >= 0.3 is 5.97 Å². The van der Waals surface area contributed by atoms with Crippen molar-refractivity contribution in [1.82, 2.24) is 26.0 Å². The minimum atomic E-state index is -4.12. The fraction of sp³-hybridized carbons (Fsp3) is 0.607. The van der Waals surface area contributed by atoms with Crippen LogP contribution in [0.25, 0.3) is 0 Å². The van der Waals surface area contributed by atoms with Gasteiger partial charge in [0, 0.05) is 0 Å². The van der Waals surface area contributed by atoms with Crippen LogP contribution in [0.2, 0.25) is 0 Å². The zero-order valence-corrected chi connectivity index (χ0v) is 27.7. The third-order valence-corrected chi connectivity index (χ3v) is 8.10. The molecule has 0 aliphatic rings. The molecule has 15 heteroatoms. The number of hydrogen-bond acceptors (Lipinski definition) is 9. The van der Waals surface area contributed by atoms with E-state index in [4.69, 9.17) is 4.74 Å². The molecule has 0 radical (unpaired) electrons. The Kier molecular flexibility index (Phi) is 11.2. The summed E-state index contributed by atoms with van der Waals surface area (Å²) in [7, 11) is -1.50. The molecule has 0 atom stereocenters. The van der Waals surface area contributed by atoms with Crippen LogP contribution in [0.5, 0.6) is 5.75 Å².